The van der Waals surface area contributed by atoms with Gasteiger partial charge in [0, 0.05) is 24.8 Å². The Balaban J connectivity index is 1.90. The van der Waals surface area contributed by atoms with E-state index in [4.69, 9.17) is 11.6 Å². The van der Waals surface area contributed by atoms with Crippen molar-refractivity contribution < 1.29 is 5.11 Å². The van der Waals surface area contributed by atoms with Gasteiger partial charge in [-0.15, -0.1) is 0 Å². The molecule has 3 heterocycles. The van der Waals surface area contributed by atoms with E-state index in [1.807, 2.05) is 0 Å². The van der Waals surface area contributed by atoms with E-state index in [-0.39, 0.29) is 18.2 Å². The van der Waals surface area contributed by atoms with Crippen LogP contribution in [0.3, 0.4) is 0 Å². The molecule has 0 aliphatic carbocycles. The van der Waals surface area contributed by atoms with Crippen LogP contribution in [0.25, 0.3) is 5.65 Å². The Kier molecular flexibility index (Phi) is 4.24. The van der Waals surface area contributed by atoms with Gasteiger partial charge in [-0.2, -0.15) is 0 Å². The first-order valence-corrected chi connectivity index (χ1v) is 7.58. The summed E-state index contributed by atoms with van der Waals surface area (Å²) in [5.41, 5.74) is 1.21. The molecule has 2 aromatic heterocycles. The summed E-state index contributed by atoms with van der Waals surface area (Å²) in [6, 6.07) is 5.19. The zero-order valence-corrected chi connectivity index (χ0v) is 12.5. The van der Waals surface area contributed by atoms with Crippen LogP contribution in [0.5, 0.6) is 0 Å². The second-order valence-electron chi connectivity index (χ2n) is 5.46. The van der Waals surface area contributed by atoms with Crippen LogP contribution in [-0.2, 0) is 6.54 Å². The van der Waals surface area contributed by atoms with Crippen molar-refractivity contribution in [2.45, 2.75) is 31.8 Å². The van der Waals surface area contributed by atoms with Crippen LogP contribution in [0.15, 0.2) is 29.2 Å². The second-order valence-corrected chi connectivity index (χ2v) is 5.90. The summed E-state index contributed by atoms with van der Waals surface area (Å²) < 4.78 is 1.45. The highest BCUT2D eigenvalue weighted by molar-refractivity contribution is 6.30. The van der Waals surface area contributed by atoms with Crippen LogP contribution in [-0.4, -0.2) is 38.6 Å². The van der Waals surface area contributed by atoms with Gasteiger partial charge in [-0.05, 0) is 31.5 Å². The third-order valence-electron chi connectivity index (χ3n) is 4.00. The van der Waals surface area contributed by atoms with E-state index in [0.29, 0.717) is 17.2 Å². The summed E-state index contributed by atoms with van der Waals surface area (Å²) in [6.45, 7) is 1.69. The van der Waals surface area contributed by atoms with Crippen LogP contribution >= 0.6 is 11.6 Å². The minimum atomic E-state index is -0.130. The summed E-state index contributed by atoms with van der Waals surface area (Å²) in [5.74, 6) is 0. The first-order valence-electron chi connectivity index (χ1n) is 7.20. The SMILES string of the molecule is O=c1cc(CN2CCCCC2CO)nc2ccc(Cl)cn12. The number of nitrogens with zero attached hydrogens (tertiary/aromatic N) is 3. The quantitative estimate of drug-likeness (QED) is 0.937. The fourth-order valence-electron chi connectivity index (χ4n) is 2.89. The van der Waals surface area contributed by atoms with Crippen molar-refractivity contribution in [3.8, 4) is 0 Å². The van der Waals surface area contributed by atoms with Gasteiger partial charge in [-0.3, -0.25) is 14.1 Å². The van der Waals surface area contributed by atoms with E-state index in [1.165, 1.54) is 4.40 Å². The monoisotopic (exact) mass is 307 g/mol. The predicted molar refractivity (Wildman–Crippen MR) is 81.6 cm³/mol. The predicted octanol–water partition coefficient (Wildman–Crippen LogP) is 1.69. The van der Waals surface area contributed by atoms with Crippen molar-refractivity contribution in [3.63, 3.8) is 0 Å². The molecule has 1 fully saturated rings. The Bertz CT molecular complexity index is 701. The number of aromatic nitrogens is 2. The first kappa shape index (κ1) is 14.5. The lowest BCUT2D eigenvalue weighted by Crippen LogP contribution is -2.41. The molecule has 0 bridgehead atoms. The normalized spacial score (nSPS) is 20.0. The number of aliphatic hydroxyl groups excluding tert-OH is 1. The van der Waals surface area contributed by atoms with Crippen molar-refractivity contribution in [1.29, 1.82) is 0 Å². The van der Waals surface area contributed by atoms with E-state index >= 15 is 0 Å². The lowest BCUT2D eigenvalue weighted by Gasteiger charge is -2.34. The summed E-state index contributed by atoms with van der Waals surface area (Å²) >= 11 is 5.90. The summed E-state index contributed by atoms with van der Waals surface area (Å²) in [4.78, 5) is 18.9. The van der Waals surface area contributed by atoms with Gasteiger partial charge >= 0.3 is 0 Å². The maximum Gasteiger partial charge on any atom is 0.258 e. The molecule has 0 saturated carbocycles. The van der Waals surface area contributed by atoms with Gasteiger partial charge < -0.3 is 5.11 Å². The maximum absolute atomic E-state index is 12.1. The van der Waals surface area contributed by atoms with Crippen molar-refractivity contribution in [2.75, 3.05) is 13.2 Å². The molecular weight excluding hydrogens is 290 g/mol. The Morgan fingerprint density at radius 1 is 1.38 bits per heavy atom. The van der Waals surface area contributed by atoms with E-state index in [2.05, 4.69) is 9.88 Å². The number of hydrogen-bond acceptors (Lipinski definition) is 4. The Hall–Kier alpha value is -1.43. The molecule has 0 radical (unpaired) electrons. The fraction of sp³-hybridized carbons (Fsp3) is 0.467. The van der Waals surface area contributed by atoms with Gasteiger partial charge in [0.05, 0.1) is 17.3 Å². The summed E-state index contributed by atoms with van der Waals surface area (Å²) in [7, 11) is 0. The van der Waals surface area contributed by atoms with Crippen molar-refractivity contribution in [1.82, 2.24) is 14.3 Å². The Morgan fingerprint density at radius 2 is 2.24 bits per heavy atom. The molecule has 1 N–H and O–H groups in total. The number of likely N-dealkylation sites (tertiary alicyclic amines) is 1. The minimum absolute atomic E-state index is 0.130. The minimum Gasteiger partial charge on any atom is -0.395 e. The molecule has 0 amide bonds. The van der Waals surface area contributed by atoms with Crippen LogP contribution in [0, 0.1) is 0 Å². The Morgan fingerprint density at radius 3 is 3.05 bits per heavy atom. The number of halogens is 1. The van der Waals surface area contributed by atoms with E-state index in [0.717, 1.165) is 31.5 Å². The van der Waals surface area contributed by atoms with Crippen LogP contribution in [0.1, 0.15) is 25.0 Å². The molecule has 21 heavy (non-hydrogen) atoms. The van der Waals surface area contributed by atoms with Crippen molar-refractivity contribution in [3.05, 3.63) is 45.5 Å². The average Bonchev–Trinajstić information content (AvgIpc) is 2.49. The molecule has 3 rings (SSSR count). The van der Waals surface area contributed by atoms with Crippen LogP contribution in [0.2, 0.25) is 5.02 Å². The van der Waals surface area contributed by atoms with Crippen molar-refractivity contribution in [2.24, 2.45) is 0 Å². The zero-order chi connectivity index (χ0) is 14.8. The Labute approximate surface area is 127 Å². The largest absolute Gasteiger partial charge is 0.395 e. The number of fused-ring (bicyclic) bond motifs is 1. The number of hydrogen-bond donors (Lipinski definition) is 1. The first-order chi connectivity index (χ1) is 10.2. The molecule has 112 valence electrons. The fourth-order valence-corrected chi connectivity index (χ4v) is 3.05. The molecule has 2 aromatic rings. The smallest absolute Gasteiger partial charge is 0.258 e. The number of piperidine rings is 1. The third-order valence-corrected chi connectivity index (χ3v) is 4.23. The third kappa shape index (κ3) is 3.10. The number of rotatable bonds is 3. The summed E-state index contributed by atoms with van der Waals surface area (Å²) in [5, 5.41) is 9.96. The molecule has 1 saturated heterocycles. The molecule has 5 nitrogen and oxygen atoms in total. The molecule has 0 spiro atoms. The number of pyridine rings is 1. The van der Waals surface area contributed by atoms with Gasteiger partial charge in [0.25, 0.3) is 5.56 Å². The lowest BCUT2D eigenvalue weighted by atomic mass is 10.0. The summed E-state index contributed by atoms with van der Waals surface area (Å²) in [6.07, 6.45) is 4.85. The molecule has 0 aromatic carbocycles. The highest BCUT2D eigenvalue weighted by Gasteiger charge is 2.22. The molecular formula is C15H18ClN3O2. The van der Waals surface area contributed by atoms with Crippen LogP contribution in [0.4, 0.5) is 0 Å². The molecule has 1 unspecified atom stereocenters. The standard InChI is InChI=1S/C15H18ClN3O2/c16-11-4-5-14-17-12(7-15(21)19(14)8-11)9-18-6-2-1-3-13(18)10-20/h4-5,7-8,13,20H,1-3,6,9-10H2. The topological polar surface area (TPSA) is 57.8 Å². The van der Waals surface area contributed by atoms with E-state index in [9.17, 15) is 9.90 Å². The number of aliphatic hydroxyl groups is 1. The van der Waals surface area contributed by atoms with Crippen molar-refractivity contribution >= 4 is 17.2 Å². The lowest BCUT2D eigenvalue weighted by molar-refractivity contribution is 0.0831. The second kappa shape index (κ2) is 6.13. The molecule has 1 aliphatic heterocycles. The highest BCUT2D eigenvalue weighted by Crippen LogP contribution is 2.18. The average molecular weight is 308 g/mol. The highest BCUT2D eigenvalue weighted by atomic mass is 35.5. The van der Waals surface area contributed by atoms with E-state index in [1.54, 1.807) is 24.4 Å². The van der Waals surface area contributed by atoms with Gasteiger partial charge in [0.15, 0.2) is 0 Å². The maximum atomic E-state index is 12.1. The van der Waals surface area contributed by atoms with Gasteiger partial charge in [-0.25, -0.2) is 4.98 Å². The van der Waals surface area contributed by atoms with Gasteiger partial charge in [-0.1, -0.05) is 18.0 Å². The molecule has 1 atom stereocenters. The molecule has 6 heteroatoms. The van der Waals surface area contributed by atoms with Gasteiger partial charge in [0.2, 0.25) is 0 Å². The van der Waals surface area contributed by atoms with Crippen LogP contribution < -0.4 is 5.56 Å². The molecule has 1 aliphatic rings. The zero-order valence-electron chi connectivity index (χ0n) is 11.7. The van der Waals surface area contributed by atoms with Gasteiger partial charge in [0.1, 0.15) is 5.65 Å². The van der Waals surface area contributed by atoms with E-state index < -0.39 is 0 Å².